The molecule has 0 fully saturated rings. The van der Waals surface area contributed by atoms with Crippen LogP contribution >= 0.6 is 9.12 Å². The monoisotopic (exact) mass is 1560 g/mol. The Morgan fingerprint density at radius 1 is 0.429 bits per heavy atom. The van der Waals surface area contributed by atoms with Gasteiger partial charge in [-0.2, -0.15) is 9.12 Å². The summed E-state index contributed by atoms with van der Waals surface area (Å²) in [6.45, 7) is 7.99. The molecule has 0 aliphatic rings. The molecular weight excluding hydrogens is 1490 g/mol. The number of hydrogen-bond acceptors (Lipinski definition) is 6. The summed E-state index contributed by atoms with van der Waals surface area (Å²) in [5.41, 5.74) is 23.6. The van der Waals surface area contributed by atoms with E-state index in [-0.39, 0.29) is 31.4 Å². The van der Waals surface area contributed by atoms with Gasteiger partial charge in [-0.3, -0.25) is 18.7 Å². The molecule has 0 saturated heterocycles. The van der Waals surface area contributed by atoms with Crippen LogP contribution in [-0.2, 0) is 20.1 Å². The average molecular weight is 1560 g/mol. The van der Waals surface area contributed by atoms with E-state index in [1.807, 2.05) is 26.0 Å². The Hall–Kier alpha value is -12.2. The van der Waals surface area contributed by atoms with E-state index in [0.29, 0.717) is 5.69 Å². The molecule has 8 nitrogen and oxygen atoms in total. The van der Waals surface area contributed by atoms with Crippen molar-refractivity contribution in [1.82, 2.24) is 24.5 Å². The molecule has 0 bridgehead atoms. The molecule has 5 heterocycles. The molecule has 0 aliphatic heterocycles. The summed E-state index contributed by atoms with van der Waals surface area (Å²) < 4.78 is 28.2. The number of aryl methyl sites for hydroxylation is 2. The number of aromatic nitrogens is 5. The number of nitrogens with zero attached hydrogens (tertiary/aromatic N) is 6. The second kappa shape index (κ2) is 34.7. The van der Waals surface area contributed by atoms with E-state index in [0.717, 1.165) is 62.4 Å². The summed E-state index contributed by atoms with van der Waals surface area (Å²) in [5, 5.41) is 13.1. The number of halogens is 2. The number of hydrogen-bond donors (Lipinski definition) is 1. The van der Waals surface area contributed by atoms with Gasteiger partial charge in [0, 0.05) is 99.8 Å². The Morgan fingerprint density at radius 2 is 0.829 bits per heavy atom. The first-order valence-corrected chi connectivity index (χ1v) is 34.7. The van der Waals surface area contributed by atoms with Gasteiger partial charge in [-0.15, -0.1) is 12.1 Å². The van der Waals surface area contributed by atoms with Crippen LogP contribution in [0.4, 0.5) is 25.8 Å². The molecule has 2 radical (unpaired) electrons. The number of carboxylic acid groups (broad SMARTS) is 1. The van der Waals surface area contributed by atoms with Crippen LogP contribution in [0.3, 0.4) is 0 Å². The topological polar surface area (TPSA) is 97.0 Å². The van der Waals surface area contributed by atoms with E-state index < -0.39 is 17.6 Å². The largest absolute Gasteiger partial charge is 0.477 e. The van der Waals surface area contributed by atoms with E-state index in [2.05, 4.69) is 328 Å². The molecular formula is C92H70BF2IrN6O2P-. The number of pyridine rings is 4. The van der Waals surface area contributed by atoms with Crippen molar-refractivity contribution in [2.75, 3.05) is 4.90 Å². The molecule has 17 rings (SSSR count). The van der Waals surface area contributed by atoms with Gasteiger partial charge in [0.1, 0.15) is 12.7 Å². The Balaban J connectivity index is 0.000000156. The smallest absolute Gasteiger partial charge is 0.354 e. The molecule has 0 amide bonds. The number of para-hydroxylation sites is 2. The minimum absolute atomic E-state index is 0. The van der Waals surface area contributed by atoms with Gasteiger partial charge >= 0.3 is 5.97 Å². The van der Waals surface area contributed by atoms with Gasteiger partial charge in [0.25, 0.3) is 0 Å². The molecule has 512 valence electrons. The van der Waals surface area contributed by atoms with Crippen LogP contribution in [0.5, 0.6) is 0 Å². The Bertz CT molecular complexity index is 5540. The first-order chi connectivity index (χ1) is 51.0. The first-order valence-electron chi connectivity index (χ1n) is 34.0. The van der Waals surface area contributed by atoms with Crippen molar-refractivity contribution in [1.29, 1.82) is 0 Å². The third kappa shape index (κ3) is 17.2. The van der Waals surface area contributed by atoms with Crippen LogP contribution in [0.15, 0.2) is 352 Å². The van der Waals surface area contributed by atoms with Gasteiger partial charge in [0.15, 0.2) is 0 Å². The quantitative estimate of drug-likeness (QED) is 0.0596. The number of carbonyl (C=O) groups is 1. The molecule has 13 heteroatoms. The Morgan fingerprint density at radius 3 is 1.27 bits per heavy atom. The van der Waals surface area contributed by atoms with Crippen molar-refractivity contribution in [2.45, 2.75) is 20.7 Å². The van der Waals surface area contributed by atoms with E-state index >= 15 is 0 Å². The van der Waals surface area contributed by atoms with Crippen molar-refractivity contribution < 1.29 is 38.8 Å². The molecule has 1 atom stereocenters. The summed E-state index contributed by atoms with van der Waals surface area (Å²) in [6, 6.07) is 118. The van der Waals surface area contributed by atoms with Crippen LogP contribution in [-0.4, -0.2) is 42.6 Å². The SMILES string of the molecule is C[B]P.Cc1cc(-c2ccccc2)c2ccc3c(-c4ccccc4)cc(C)nc3c2n1.Fc1c[c-]c(-c2ccccn2)c(F)c1.O=C(O)c1ccccn1.[Ir].c1ccc(-c2ccc(N(c3ccc(-c4ccccc4)cc3)c3ccc(-c4ccc5c(c4)c4ccccc4n5-c4ccccc4)cc3)cc2)cc1. The van der Waals surface area contributed by atoms with Crippen molar-refractivity contribution in [2.24, 2.45) is 0 Å². The second-order valence-corrected chi connectivity index (χ2v) is 25.1. The van der Waals surface area contributed by atoms with E-state index in [9.17, 15) is 13.6 Å². The summed E-state index contributed by atoms with van der Waals surface area (Å²) in [4.78, 5) is 29.8. The second-order valence-electron chi connectivity index (χ2n) is 24.4. The Labute approximate surface area is 626 Å². The fraction of sp³-hybridized carbons (Fsp3) is 0.0326. The van der Waals surface area contributed by atoms with Crippen LogP contribution in [0.2, 0.25) is 6.82 Å². The number of fused-ring (bicyclic) bond motifs is 6. The predicted octanol–water partition coefficient (Wildman–Crippen LogP) is 24.1. The molecule has 5 aromatic heterocycles. The summed E-state index contributed by atoms with van der Waals surface area (Å²) in [6.07, 6.45) is 3.00. The maximum atomic E-state index is 13.2. The zero-order valence-electron chi connectivity index (χ0n) is 57.8. The summed E-state index contributed by atoms with van der Waals surface area (Å²) >= 11 is 0. The third-order valence-electron chi connectivity index (χ3n) is 17.5. The van der Waals surface area contributed by atoms with Crippen LogP contribution < -0.4 is 4.90 Å². The van der Waals surface area contributed by atoms with E-state index in [1.54, 1.807) is 36.5 Å². The van der Waals surface area contributed by atoms with Crippen LogP contribution in [0.25, 0.3) is 116 Å². The fourth-order valence-electron chi connectivity index (χ4n) is 12.7. The molecule has 17 aromatic rings. The maximum Gasteiger partial charge on any atom is 0.354 e. The van der Waals surface area contributed by atoms with Gasteiger partial charge in [-0.1, -0.05) is 249 Å². The van der Waals surface area contributed by atoms with Gasteiger partial charge in [-0.25, -0.2) is 9.78 Å². The van der Waals surface area contributed by atoms with Crippen molar-refractivity contribution >= 4 is 82.8 Å². The predicted molar refractivity (Wildman–Crippen MR) is 430 cm³/mol. The molecule has 1 N–H and O–H groups in total. The minimum Gasteiger partial charge on any atom is -0.477 e. The number of anilines is 3. The number of benzene rings is 12. The van der Waals surface area contributed by atoms with Gasteiger partial charge in [0.2, 0.25) is 0 Å². The molecule has 0 saturated carbocycles. The minimum atomic E-state index is -0.990. The van der Waals surface area contributed by atoms with Crippen molar-refractivity contribution in [3.8, 4) is 72.6 Å². The van der Waals surface area contributed by atoms with Crippen molar-refractivity contribution in [3.63, 3.8) is 0 Å². The van der Waals surface area contributed by atoms with Gasteiger partial charge in [-0.05, 0) is 172 Å². The number of rotatable bonds is 11. The molecule has 105 heavy (non-hydrogen) atoms. The zero-order valence-corrected chi connectivity index (χ0v) is 61.3. The standard InChI is InChI=1S/C48H34N2.C26H20N2.C11H6F2N.C6H5NO2.CH5BP.Ir/c1-4-12-35(13-5-1)37-20-27-42(28-21-37)49(43-29-22-38(23-30-43)36-14-6-2-7-15-36)44-31-24-39(25-32-44)40-26-33-48-46(34-40)45-18-10-11-19-47(45)50(48)41-16-8-3-9-17-41;1-17-15-23(19-9-5-3-6-10-19)21-13-14-22-24(20-11-7-4-8-12-20)16-18(2)28-26(22)25(21)27-17;12-8-4-5-9(10(13)7-8)11-3-1-2-6-14-11;8-6(9)5-3-1-2-4-7-5;1-2-3;/h1-34H;3-16H,1-2H3;1-4,6-7H;1-4H,(H,8,9);3H2,1H3;/q;;-1;;;. The Kier molecular flexibility index (Phi) is 24.0. The normalized spacial score (nSPS) is 10.6. The zero-order chi connectivity index (χ0) is 71.7. The van der Waals surface area contributed by atoms with E-state index in [4.69, 9.17) is 15.1 Å². The van der Waals surface area contributed by atoms with Crippen LogP contribution in [0, 0.1) is 31.5 Å². The van der Waals surface area contributed by atoms with Gasteiger partial charge < -0.3 is 19.6 Å². The number of carboxylic acids is 1. The molecule has 12 aromatic carbocycles. The maximum absolute atomic E-state index is 13.2. The third-order valence-corrected chi connectivity index (χ3v) is 17.5. The van der Waals surface area contributed by atoms with Gasteiger partial charge in [0.05, 0.1) is 22.1 Å². The van der Waals surface area contributed by atoms with Crippen LogP contribution in [0.1, 0.15) is 21.9 Å². The molecule has 0 aliphatic carbocycles. The van der Waals surface area contributed by atoms with E-state index in [1.165, 1.54) is 95.4 Å². The molecule has 0 spiro atoms. The first kappa shape index (κ1) is 72.6. The summed E-state index contributed by atoms with van der Waals surface area (Å²) in [7, 11) is 2.45. The van der Waals surface area contributed by atoms with Crippen molar-refractivity contribution in [3.05, 3.63) is 387 Å². The number of aromatic carboxylic acids is 1. The average Bonchev–Trinajstić information content (AvgIpc) is 1.74. The molecule has 1 unspecified atom stereocenters. The summed E-state index contributed by atoms with van der Waals surface area (Å²) in [5.74, 6) is -2.28. The fourth-order valence-corrected chi connectivity index (χ4v) is 12.7.